The SMILES string of the molecule is Cc1oc(C(C)(C)C)cc1C(=O)C(N)=O. The minimum atomic E-state index is -0.959. The van der Waals surface area contributed by atoms with Gasteiger partial charge in [0.1, 0.15) is 11.5 Å². The normalized spacial score (nSPS) is 11.5. The van der Waals surface area contributed by atoms with Crippen molar-refractivity contribution in [2.75, 3.05) is 0 Å². The smallest absolute Gasteiger partial charge is 0.289 e. The predicted octanol–water partition coefficient (Wildman–Crippen LogP) is 1.55. The summed E-state index contributed by atoms with van der Waals surface area (Å²) in [5.41, 5.74) is 4.99. The quantitative estimate of drug-likeness (QED) is 0.593. The van der Waals surface area contributed by atoms with Crippen molar-refractivity contribution in [3.05, 3.63) is 23.2 Å². The van der Waals surface area contributed by atoms with Crippen LogP contribution in [0.3, 0.4) is 0 Å². The van der Waals surface area contributed by atoms with Crippen LogP contribution in [0.25, 0.3) is 0 Å². The van der Waals surface area contributed by atoms with Gasteiger partial charge in [-0.25, -0.2) is 0 Å². The molecule has 4 heteroatoms. The van der Waals surface area contributed by atoms with Gasteiger partial charge in [0.2, 0.25) is 0 Å². The van der Waals surface area contributed by atoms with Gasteiger partial charge in [0.05, 0.1) is 5.56 Å². The van der Waals surface area contributed by atoms with Crippen molar-refractivity contribution in [2.45, 2.75) is 33.1 Å². The molecule has 1 amide bonds. The molecule has 0 bridgehead atoms. The summed E-state index contributed by atoms with van der Waals surface area (Å²) in [5, 5.41) is 0. The molecule has 1 aromatic rings. The van der Waals surface area contributed by atoms with E-state index in [9.17, 15) is 9.59 Å². The van der Waals surface area contributed by atoms with Gasteiger partial charge in [0.15, 0.2) is 0 Å². The highest BCUT2D eigenvalue weighted by Gasteiger charge is 2.24. The van der Waals surface area contributed by atoms with Gasteiger partial charge in [-0.05, 0) is 13.0 Å². The van der Waals surface area contributed by atoms with Gasteiger partial charge in [-0.3, -0.25) is 9.59 Å². The Balaban J connectivity index is 3.18. The van der Waals surface area contributed by atoms with E-state index in [0.717, 1.165) is 0 Å². The van der Waals surface area contributed by atoms with Crippen LogP contribution in [0.5, 0.6) is 0 Å². The van der Waals surface area contributed by atoms with Gasteiger partial charge in [-0.2, -0.15) is 0 Å². The lowest BCUT2D eigenvalue weighted by atomic mass is 9.93. The summed E-state index contributed by atoms with van der Waals surface area (Å²) < 4.78 is 5.42. The highest BCUT2D eigenvalue weighted by atomic mass is 16.3. The molecular weight excluding hydrogens is 194 g/mol. The molecular formula is C11H15NO3. The molecule has 0 saturated heterocycles. The first-order valence-corrected chi connectivity index (χ1v) is 4.68. The first kappa shape index (κ1) is 11.5. The zero-order valence-electron chi connectivity index (χ0n) is 9.38. The Hall–Kier alpha value is -1.58. The van der Waals surface area contributed by atoms with Crippen LogP contribution in [-0.4, -0.2) is 11.7 Å². The van der Waals surface area contributed by atoms with Crippen LogP contribution in [0, 0.1) is 6.92 Å². The summed E-state index contributed by atoms with van der Waals surface area (Å²) in [6.07, 6.45) is 0. The number of carbonyl (C=O) groups excluding carboxylic acids is 2. The Labute approximate surface area is 88.4 Å². The zero-order valence-corrected chi connectivity index (χ0v) is 9.38. The van der Waals surface area contributed by atoms with Crippen LogP contribution in [0.2, 0.25) is 0 Å². The van der Waals surface area contributed by atoms with E-state index in [0.29, 0.717) is 11.5 Å². The van der Waals surface area contributed by atoms with Gasteiger partial charge in [-0.1, -0.05) is 20.8 Å². The molecule has 0 fully saturated rings. The molecule has 82 valence electrons. The molecule has 0 unspecified atom stereocenters. The van der Waals surface area contributed by atoms with Gasteiger partial charge in [-0.15, -0.1) is 0 Å². The summed E-state index contributed by atoms with van der Waals surface area (Å²) in [6, 6.07) is 1.59. The zero-order chi connectivity index (χ0) is 11.8. The Bertz CT molecular complexity index is 410. The number of ketones is 1. The number of primary amides is 1. The number of Topliss-reactive ketones (excluding diaryl/α,β-unsaturated/α-hetero) is 1. The Morgan fingerprint density at radius 1 is 1.33 bits per heavy atom. The summed E-state index contributed by atoms with van der Waals surface area (Å²) in [6.45, 7) is 7.53. The van der Waals surface area contributed by atoms with E-state index in [1.807, 2.05) is 20.8 Å². The molecule has 0 aliphatic rings. The number of rotatable bonds is 2. The molecule has 1 heterocycles. The standard InChI is InChI=1S/C11H15NO3/c1-6-7(9(13)10(12)14)5-8(15-6)11(2,3)4/h5H,1-4H3,(H2,12,14). The van der Waals surface area contributed by atoms with Crippen LogP contribution < -0.4 is 5.73 Å². The molecule has 0 aliphatic carbocycles. The average molecular weight is 209 g/mol. The molecule has 0 atom stereocenters. The van der Waals surface area contributed by atoms with Crippen molar-refractivity contribution in [3.8, 4) is 0 Å². The van der Waals surface area contributed by atoms with Crippen molar-refractivity contribution in [1.29, 1.82) is 0 Å². The fraction of sp³-hybridized carbons (Fsp3) is 0.455. The van der Waals surface area contributed by atoms with Crippen molar-refractivity contribution in [2.24, 2.45) is 5.73 Å². The van der Waals surface area contributed by atoms with E-state index in [2.05, 4.69) is 0 Å². The van der Waals surface area contributed by atoms with Crippen molar-refractivity contribution in [1.82, 2.24) is 0 Å². The first-order chi connectivity index (χ1) is 6.73. The molecule has 0 spiro atoms. The fourth-order valence-corrected chi connectivity index (χ4v) is 1.21. The fourth-order valence-electron chi connectivity index (χ4n) is 1.21. The van der Waals surface area contributed by atoms with Gasteiger partial charge in [0.25, 0.3) is 11.7 Å². The van der Waals surface area contributed by atoms with Crippen molar-refractivity contribution >= 4 is 11.7 Å². The lowest BCUT2D eigenvalue weighted by Gasteiger charge is -2.13. The number of nitrogens with two attached hydrogens (primary N) is 1. The van der Waals surface area contributed by atoms with Crippen LogP contribution in [-0.2, 0) is 10.2 Å². The molecule has 0 radical (unpaired) electrons. The third-order valence-corrected chi connectivity index (χ3v) is 2.13. The molecule has 4 nitrogen and oxygen atoms in total. The van der Waals surface area contributed by atoms with Crippen LogP contribution >= 0.6 is 0 Å². The van der Waals surface area contributed by atoms with Crippen LogP contribution in [0.4, 0.5) is 0 Å². The maximum Gasteiger partial charge on any atom is 0.289 e. The average Bonchev–Trinajstić information content (AvgIpc) is 2.45. The van der Waals surface area contributed by atoms with Gasteiger partial charge >= 0.3 is 0 Å². The van der Waals surface area contributed by atoms with E-state index in [1.165, 1.54) is 0 Å². The topological polar surface area (TPSA) is 73.3 Å². The van der Waals surface area contributed by atoms with Gasteiger partial charge in [0, 0.05) is 5.41 Å². The minimum absolute atomic E-state index is 0.194. The first-order valence-electron chi connectivity index (χ1n) is 4.68. The van der Waals surface area contributed by atoms with E-state index >= 15 is 0 Å². The number of furan rings is 1. The molecule has 0 aromatic carbocycles. The van der Waals surface area contributed by atoms with E-state index in [-0.39, 0.29) is 11.0 Å². The second kappa shape index (κ2) is 3.53. The minimum Gasteiger partial charge on any atom is -0.465 e. The molecule has 0 saturated carbocycles. The second-order valence-corrected chi connectivity index (χ2v) is 4.52. The second-order valence-electron chi connectivity index (χ2n) is 4.52. The number of hydrogen-bond donors (Lipinski definition) is 1. The number of hydrogen-bond acceptors (Lipinski definition) is 3. The maximum absolute atomic E-state index is 11.4. The van der Waals surface area contributed by atoms with E-state index < -0.39 is 11.7 Å². The van der Waals surface area contributed by atoms with Crippen molar-refractivity contribution < 1.29 is 14.0 Å². The summed E-state index contributed by atoms with van der Waals surface area (Å²) >= 11 is 0. The van der Waals surface area contributed by atoms with E-state index in [1.54, 1.807) is 13.0 Å². The lowest BCUT2D eigenvalue weighted by molar-refractivity contribution is -0.114. The van der Waals surface area contributed by atoms with Crippen LogP contribution in [0.15, 0.2) is 10.5 Å². The van der Waals surface area contributed by atoms with E-state index in [4.69, 9.17) is 10.2 Å². The highest BCUT2D eigenvalue weighted by Crippen LogP contribution is 2.27. The largest absolute Gasteiger partial charge is 0.465 e. The molecule has 1 aromatic heterocycles. The Morgan fingerprint density at radius 3 is 2.20 bits per heavy atom. The van der Waals surface area contributed by atoms with Gasteiger partial charge < -0.3 is 10.2 Å². The summed E-state index contributed by atoms with van der Waals surface area (Å²) in [7, 11) is 0. The predicted molar refractivity (Wildman–Crippen MR) is 55.7 cm³/mol. The molecule has 15 heavy (non-hydrogen) atoms. The number of carbonyl (C=O) groups is 2. The van der Waals surface area contributed by atoms with Crippen molar-refractivity contribution in [3.63, 3.8) is 0 Å². The lowest BCUT2D eigenvalue weighted by Crippen LogP contribution is -2.23. The Morgan fingerprint density at radius 2 is 1.87 bits per heavy atom. The summed E-state index contributed by atoms with van der Waals surface area (Å²) in [5.74, 6) is -0.556. The maximum atomic E-state index is 11.4. The molecule has 2 N–H and O–H groups in total. The van der Waals surface area contributed by atoms with Crippen LogP contribution in [0.1, 0.15) is 42.6 Å². The monoisotopic (exact) mass is 209 g/mol. The third kappa shape index (κ3) is 2.26. The number of amides is 1. The number of aryl methyl sites for hydroxylation is 1. The Kier molecular flexibility index (Phi) is 2.71. The summed E-state index contributed by atoms with van der Waals surface area (Å²) in [4.78, 5) is 22.1. The molecule has 1 rings (SSSR count). The third-order valence-electron chi connectivity index (χ3n) is 2.13. The highest BCUT2D eigenvalue weighted by molar-refractivity contribution is 6.42. The molecule has 0 aliphatic heterocycles.